The molecule has 0 saturated carbocycles. The first-order valence-electron chi connectivity index (χ1n) is 5.42. The zero-order valence-electron chi connectivity index (χ0n) is 10.0. The third-order valence-corrected chi connectivity index (χ3v) is 3.40. The number of nitrogens with zero attached hydrogens (tertiary/aromatic N) is 2. The Hall–Kier alpha value is -2.45. The van der Waals surface area contributed by atoms with Crippen molar-refractivity contribution in [2.24, 2.45) is 5.29 Å². The summed E-state index contributed by atoms with van der Waals surface area (Å²) in [5.41, 5.74) is 0.609. The average Bonchev–Trinajstić information content (AvgIpc) is 2.39. The zero-order chi connectivity index (χ0) is 14.8. The van der Waals surface area contributed by atoms with Crippen molar-refractivity contribution in [3.63, 3.8) is 0 Å². The van der Waals surface area contributed by atoms with Crippen LogP contribution in [0, 0.1) is 4.91 Å². The minimum atomic E-state index is -4.29. The van der Waals surface area contributed by atoms with Gasteiger partial charge in [0.1, 0.15) is 5.75 Å². The summed E-state index contributed by atoms with van der Waals surface area (Å²) < 4.78 is 30.7. The van der Waals surface area contributed by atoms with Gasteiger partial charge in [-0.3, -0.25) is 4.55 Å². The number of anilines is 2. The summed E-state index contributed by atoms with van der Waals surface area (Å²) >= 11 is 0. The maximum absolute atomic E-state index is 10.9. The van der Waals surface area contributed by atoms with Gasteiger partial charge in [0.05, 0.1) is 21.6 Å². The Morgan fingerprint density at radius 2 is 1.65 bits per heavy atom. The van der Waals surface area contributed by atoms with Gasteiger partial charge in [-0.2, -0.15) is 13.4 Å². The van der Waals surface area contributed by atoms with E-state index in [4.69, 9.17) is 4.55 Å². The van der Waals surface area contributed by atoms with Crippen molar-refractivity contribution < 1.29 is 18.1 Å². The number of phenolic OH excluding ortho intramolecular Hbond substituents is 1. The lowest BCUT2D eigenvalue weighted by Crippen LogP contribution is -2.07. The van der Waals surface area contributed by atoms with Gasteiger partial charge in [0.2, 0.25) is 0 Å². The molecule has 0 aliphatic rings. The molecule has 0 fully saturated rings. The highest BCUT2D eigenvalue weighted by atomic mass is 32.2. The third kappa shape index (κ3) is 2.92. The zero-order valence-corrected chi connectivity index (χ0v) is 10.9. The van der Waals surface area contributed by atoms with E-state index in [1.54, 1.807) is 6.07 Å². The van der Waals surface area contributed by atoms with Crippen molar-refractivity contribution in [3.05, 3.63) is 53.4 Å². The van der Waals surface area contributed by atoms with Gasteiger partial charge in [-0.25, -0.2) is 0 Å². The molecule has 20 heavy (non-hydrogen) atoms. The normalized spacial score (nSPS) is 11.1. The quantitative estimate of drug-likeness (QED) is 0.509. The van der Waals surface area contributed by atoms with Crippen LogP contribution in [0.3, 0.4) is 0 Å². The SMILES string of the molecule is O=NN(c1ccc(S(=O)(=O)O)cc1)c1cccc(O)c1. The molecule has 0 bridgehead atoms. The first-order chi connectivity index (χ1) is 9.41. The Balaban J connectivity index is 2.40. The summed E-state index contributed by atoms with van der Waals surface area (Å²) in [4.78, 5) is 10.6. The van der Waals surface area contributed by atoms with Crippen LogP contribution in [0.5, 0.6) is 5.75 Å². The van der Waals surface area contributed by atoms with Gasteiger partial charge in [0, 0.05) is 6.07 Å². The highest BCUT2D eigenvalue weighted by molar-refractivity contribution is 7.85. The van der Waals surface area contributed by atoms with Crippen LogP contribution in [0.1, 0.15) is 0 Å². The van der Waals surface area contributed by atoms with Crippen LogP contribution >= 0.6 is 0 Å². The minimum Gasteiger partial charge on any atom is -0.508 e. The van der Waals surface area contributed by atoms with Gasteiger partial charge in [-0.1, -0.05) is 6.07 Å². The molecule has 0 aliphatic carbocycles. The molecule has 104 valence electrons. The molecule has 2 aromatic rings. The predicted molar refractivity (Wildman–Crippen MR) is 72.3 cm³/mol. The van der Waals surface area contributed by atoms with E-state index in [1.165, 1.54) is 30.3 Å². The second-order valence-corrected chi connectivity index (χ2v) is 5.30. The third-order valence-electron chi connectivity index (χ3n) is 2.54. The predicted octanol–water partition coefficient (Wildman–Crippen LogP) is 2.46. The molecule has 0 atom stereocenters. The Morgan fingerprint density at radius 1 is 1.00 bits per heavy atom. The van der Waals surface area contributed by atoms with E-state index < -0.39 is 10.1 Å². The van der Waals surface area contributed by atoms with Crippen LogP contribution in [0.2, 0.25) is 0 Å². The molecule has 0 heterocycles. The molecule has 8 heteroatoms. The summed E-state index contributed by atoms with van der Waals surface area (Å²) in [6, 6.07) is 10.8. The lowest BCUT2D eigenvalue weighted by Gasteiger charge is -2.15. The minimum absolute atomic E-state index is 0.0364. The molecule has 0 saturated heterocycles. The van der Waals surface area contributed by atoms with Gasteiger partial charge in [-0.15, -0.1) is 4.91 Å². The molecule has 2 rings (SSSR count). The Bertz CT molecular complexity index is 728. The molecule has 0 amide bonds. The van der Waals surface area contributed by atoms with Crippen LogP contribution in [0.15, 0.2) is 58.7 Å². The average molecular weight is 294 g/mol. The highest BCUT2D eigenvalue weighted by Gasteiger charge is 2.13. The smallest absolute Gasteiger partial charge is 0.294 e. The molecule has 0 aromatic heterocycles. The number of aromatic hydroxyl groups is 1. The van der Waals surface area contributed by atoms with Crippen molar-refractivity contribution in [2.75, 3.05) is 5.01 Å². The highest BCUT2D eigenvalue weighted by Crippen LogP contribution is 2.28. The molecular weight excluding hydrogens is 284 g/mol. The fourth-order valence-corrected chi connectivity index (χ4v) is 2.11. The number of rotatable bonds is 4. The largest absolute Gasteiger partial charge is 0.508 e. The van der Waals surface area contributed by atoms with Crippen LogP contribution in [0.25, 0.3) is 0 Å². The summed E-state index contributed by atoms with van der Waals surface area (Å²) in [6.45, 7) is 0. The van der Waals surface area contributed by atoms with Crippen LogP contribution in [-0.4, -0.2) is 18.1 Å². The summed E-state index contributed by atoms with van der Waals surface area (Å²) in [5.74, 6) is -0.0364. The molecule has 7 nitrogen and oxygen atoms in total. The molecule has 2 aromatic carbocycles. The number of hydrogen-bond acceptors (Lipinski definition) is 5. The van der Waals surface area contributed by atoms with Crippen molar-refractivity contribution in [3.8, 4) is 5.75 Å². The van der Waals surface area contributed by atoms with E-state index in [0.29, 0.717) is 5.69 Å². The fraction of sp³-hybridized carbons (Fsp3) is 0. The summed E-state index contributed by atoms with van der Waals surface area (Å²) in [5, 5.41) is 13.2. The summed E-state index contributed by atoms with van der Waals surface area (Å²) in [7, 11) is -4.29. The van der Waals surface area contributed by atoms with Crippen molar-refractivity contribution in [1.82, 2.24) is 0 Å². The van der Waals surface area contributed by atoms with Gasteiger partial charge in [0.15, 0.2) is 0 Å². The van der Waals surface area contributed by atoms with E-state index in [0.717, 1.165) is 17.1 Å². The first kappa shape index (κ1) is 14.0. The number of benzene rings is 2. The molecule has 0 aliphatic heterocycles. The van der Waals surface area contributed by atoms with Crippen molar-refractivity contribution in [2.45, 2.75) is 4.90 Å². The lowest BCUT2D eigenvalue weighted by atomic mass is 10.2. The maximum Gasteiger partial charge on any atom is 0.294 e. The molecular formula is C12H10N2O5S. The van der Waals surface area contributed by atoms with Crippen LogP contribution in [0.4, 0.5) is 11.4 Å². The Morgan fingerprint density at radius 3 is 2.15 bits per heavy atom. The second kappa shape index (κ2) is 5.27. The van der Waals surface area contributed by atoms with Gasteiger partial charge >= 0.3 is 0 Å². The van der Waals surface area contributed by atoms with Crippen molar-refractivity contribution >= 4 is 21.5 Å². The Kier molecular flexibility index (Phi) is 3.68. The molecule has 0 unspecified atom stereocenters. The monoisotopic (exact) mass is 294 g/mol. The molecule has 0 spiro atoms. The molecule has 0 radical (unpaired) electrons. The second-order valence-electron chi connectivity index (χ2n) is 3.88. The number of hydrogen-bond donors (Lipinski definition) is 2. The van der Waals surface area contributed by atoms with E-state index in [9.17, 15) is 18.4 Å². The van der Waals surface area contributed by atoms with Gasteiger partial charge < -0.3 is 5.11 Å². The van der Waals surface area contributed by atoms with E-state index in [1.807, 2.05) is 0 Å². The van der Waals surface area contributed by atoms with E-state index in [2.05, 4.69) is 5.29 Å². The number of phenols is 1. The number of nitroso groups, excluding NO2 is 1. The fourth-order valence-electron chi connectivity index (χ4n) is 1.63. The van der Waals surface area contributed by atoms with Crippen molar-refractivity contribution in [1.29, 1.82) is 0 Å². The van der Waals surface area contributed by atoms with Gasteiger partial charge in [-0.05, 0) is 36.4 Å². The van der Waals surface area contributed by atoms with Crippen LogP contribution in [-0.2, 0) is 10.1 Å². The topological polar surface area (TPSA) is 107 Å². The Labute approximate surface area is 114 Å². The maximum atomic E-state index is 10.9. The lowest BCUT2D eigenvalue weighted by molar-refractivity contribution is 0.475. The standard InChI is InChI=1S/C12H10N2O5S/c15-11-3-1-2-10(8-11)14(13-16)9-4-6-12(7-5-9)20(17,18)19/h1-8,15H,(H,17,18,19). The molecule has 2 N–H and O–H groups in total. The van der Waals surface area contributed by atoms with Crippen LogP contribution < -0.4 is 5.01 Å². The van der Waals surface area contributed by atoms with E-state index in [-0.39, 0.29) is 16.3 Å². The van der Waals surface area contributed by atoms with Gasteiger partial charge in [0.25, 0.3) is 10.1 Å². The first-order valence-corrected chi connectivity index (χ1v) is 6.86. The summed E-state index contributed by atoms with van der Waals surface area (Å²) in [6.07, 6.45) is 0. The van der Waals surface area contributed by atoms with E-state index >= 15 is 0 Å².